The standard InChI is InChI=1S/C3H7NO2.CH6O6P2/c1-4-2-3(5)6;2-8(3,4)1-9(5,6)7/h4H,2H2,1H3,(H,5,6);1H2,(H2,2,3,4)(H2,5,6,7). The van der Waals surface area contributed by atoms with Gasteiger partial charge >= 0.3 is 21.2 Å². The van der Waals surface area contributed by atoms with Crippen LogP contribution in [0, 0.1) is 0 Å². The van der Waals surface area contributed by atoms with E-state index in [1.165, 1.54) is 0 Å². The lowest BCUT2D eigenvalue weighted by Crippen LogP contribution is -2.16. The van der Waals surface area contributed by atoms with Gasteiger partial charge in [-0.2, -0.15) is 0 Å². The van der Waals surface area contributed by atoms with Gasteiger partial charge in [-0.25, -0.2) is 0 Å². The van der Waals surface area contributed by atoms with Gasteiger partial charge in [-0.05, 0) is 7.05 Å². The highest BCUT2D eigenvalue weighted by Gasteiger charge is 2.26. The molecule has 0 bridgehead atoms. The van der Waals surface area contributed by atoms with Gasteiger partial charge in [-0.1, -0.05) is 0 Å². The molecular weight excluding hydrogens is 252 g/mol. The van der Waals surface area contributed by atoms with E-state index in [-0.39, 0.29) is 6.54 Å². The fourth-order valence-electron chi connectivity index (χ4n) is 0.391. The average molecular weight is 265 g/mol. The number of likely N-dealkylation sites (N-methyl/N-ethyl adjacent to an activating group) is 1. The molecule has 6 N–H and O–H groups in total. The van der Waals surface area contributed by atoms with Gasteiger partial charge in [0.25, 0.3) is 0 Å². The van der Waals surface area contributed by atoms with Gasteiger partial charge in [0.15, 0.2) is 5.90 Å². The summed E-state index contributed by atoms with van der Waals surface area (Å²) >= 11 is 0. The molecule has 0 amide bonds. The summed E-state index contributed by atoms with van der Waals surface area (Å²) in [4.78, 5) is 41.4. The molecule has 0 atom stereocenters. The highest BCUT2D eigenvalue weighted by molar-refractivity contribution is 7.69. The minimum Gasteiger partial charge on any atom is -0.480 e. The zero-order valence-electron chi connectivity index (χ0n) is 7.77. The molecular formula is C4H13NO8P2. The van der Waals surface area contributed by atoms with Gasteiger partial charge in [0.05, 0.1) is 6.54 Å². The Kier molecular flexibility index (Phi) is 8.09. The van der Waals surface area contributed by atoms with Crippen LogP contribution >= 0.6 is 15.2 Å². The average Bonchev–Trinajstić information content (AvgIpc) is 1.77. The molecule has 0 rings (SSSR count). The van der Waals surface area contributed by atoms with Crippen LogP contribution in [0.5, 0.6) is 0 Å². The molecule has 0 aliphatic carbocycles. The largest absolute Gasteiger partial charge is 0.480 e. The third kappa shape index (κ3) is 24.8. The number of carboxylic acid groups (broad SMARTS) is 1. The Morgan fingerprint density at radius 3 is 1.47 bits per heavy atom. The molecule has 0 aromatic rings. The second-order valence-corrected chi connectivity index (χ2v) is 6.18. The van der Waals surface area contributed by atoms with Crippen molar-refractivity contribution in [1.82, 2.24) is 5.32 Å². The molecule has 0 aliphatic rings. The van der Waals surface area contributed by atoms with Crippen LogP contribution in [0.15, 0.2) is 0 Å². The Balaban J connectivity index is 0. The molecule has 0 aromatic carbocycles. The number of nitrogens with one attached hydrogen (secondary N) is 1. The number of hydrogen-bond acceptors (Lipinski definition) is 4. The zero-order valence-corrected chi connectivity index (χ0v) is 9.56. The molecule has 0 heterocycles. The maximum atomic E-state index is 9.85. The molecule has 15 heavy (non-hydrogen) atoms. The van der Waals surface area contributed by atoms with Crippen LogP contribution in [0.2, 0.25) is 0 Å². The van der Waals surface area contributed by atoms with E-state index >= 15 is 0 Å². The lowest BCUT2D eigenvalue weighted by atomic mass is 10.7. The van der Waals surface area contributed by atoms with E-state index in [4.69, 9.17) is 24.7 Å². The Bertz CT molecular complexity index is 258. The van der Waals surface area contributed by atoms with Gasteiger partial charge < -0.3 is 30.0 Å². The summed E-state index contributed by atoms with van der Waals surface area (Å²) in [6, 6.07) is 0. The van der Waals surface area contributed by atoms with Crippen LogP contribution < -0.4 is 5.32 Å². The van der Waals surface area contributed by atoms with E-state index in [9.17, 15) is 13.9 Å². The fourth-order valence-corrected chi connectivity index (χ4v) is 2.31. The molecule has 0 fully saturated rings. The first-order valence-corrected chi connectivity index (χ1v) is 7.03. The van der Waals surface area contributed by atoms with Crippen molar-refractivity contribution in [2.75, 3.05) is 19.5 Å². The van der Waals surface area contributed by atoms with Crippen LogP contribution in [0.25, 0.3) is 0 Å². The van der Waals surface area contributed by atoms with E-state index in [1.807, 2.05) is 0 Å². The first-order valence-electron chi connectivity index (χ1n) is 3.43. The van der Waals surface area contributed by atoms with Gasteiger partial charge in [0.2, 0.25) is 0 Å². The first-order chi connectivity index (χ1) is 6.48. The van der Waals surface area contributed by atoms with Crippen LogP contribution in [-0.2, 0) is 13.9 Å². The summed E-state index contributed by atoms with van der Waals surface area (Å²) < 4.78 is 19.7. The quantitative estimate of drug-likeness (QED) is 0.335. The molecule has 0 aliphatic heterocycles. The molecule has 0 unspecified atom stereocenters. The van der Waals surface area contributed by atoms with Gasteiger partial charge in [-0.15, -0.1) is 0 Å². The van der Waals surface area contributed by atoms with Crippen LogP contribution in [0.1, 0.15) is 0 Å². The van der Waals surface area contributed by atoms with Crippen molar-refractivity contribution in [3.63, 3.8) is 0 Å². The zero-order chi connectivity index (χ0) is 12.7. The molecule has 0 aromatic heterocycles. The van der Waals surface area contributed by atoms with Crippen molar-refractivity contribution in [2.24, 2.45) is 0 Å². The molecule has 0 saturated carbocycles. The number of carbonyl (C=O) groups is 1. The molecule has 9 nitrogen and oxygen atoms in total. The predicted molar refractivity (Wildman–Crippen MR) is 50.5 cm³/mol. The minimum absolute atomic E-state index is 0.0417. The molecule has 0 spiro atoms. The molecule has 0 radical (unpaired) electrons. The normalized spacial score (nSPS) is 11.5. The topological polar surface area (TPSA) is 164 Å². The van der Waals surface area contributed by atoms with Crippen molar-refractivity contribution < 1.29 is 38.6 Å². The second kappa shape index (κ2) is 7.08. The Morgan fingerprint density at radius 2 is 1.47 bits per heavy atom. The maximum absolute atomic E-state index is 9.85. The molecule has 0 saturated heterocycles. The van der Waals surface area contributed by atoms with Gasteiger partial charge in [-0.3, -0.25) is 13.9 Å². The van der Waals surface area contributed by atoms with E-state index in [0.717, 1.165) is 0 Å². The Labute approximate surface area is 85.4 Å². The fraction of sp³-hybridized carbons (Fsp3) is 0.750. The monoisotopic (exact) mass is 265 g/mol. The predicted octanol–water partition coefficient (Wildman–Crippen LogP) is -1.41. The minimum atomic E-state index is -4.55. The summed E-state index contributed by atoms with van der Waals surface area (Å²) in [5.41, 5.74) is 0. The Hall–Kier alpha value is -0.270. The third-order valence-corrected chi connectivity index (χ3v) is 3.64. The number of rotatable bonds is 4. The second-order valence-electron chi connectivity index (χ2n) is 2.39. The maximum Gasteiger partial charge on any atom is 0.337 e. The summed E-state index contributed by atoms with van der Waals surface area (Å²) in [7, 11) is -7.51. The van der Waals surface area contributed by atoms with Crippen molar-refractivity contribution in [2.45, 2.75) is 0 Å². The lowest BCUT2D eigenvalue weighted by Gasteiger charge is -2.03. The SMILES string of the molecule is CNCC(=O)O.O=P(O)(O)CP(=O)(O)O. The summed E-state index contributed by atoms with van der Waals surface area (Å²) in [6.45, 7) is 0.0417. The molecule has 11 heteroatoms. The van der Waals surface area contributed by atoms with E-state index in [1.54, 1.807) is 7.05 Å². The van der Waals surface area contributed by atoms with Gasteiger partial charge in [0, 0.05) is 0 Å². The van der Waals surface area contributed by atoms with E-state index in [2.05, 4.69) is 5.32 Å². The number of hydrogen-bond donors (Lipinski definition) is 6. The third-order valence-electron chi connectivity index (χ3n) is 0.696. The number of carboxylic acids is 1. The van der Waals surface area contributed by atoms with E-state index in [0.29, 0.717) is 0 Å². The Morgan fingerprint density at radius 1 is 1.13 bits per heavy atom. The highest BCUT2D eigenvalue weighted by atomic mass is 31.2. The van der Waals surface area contributed by atoms with Crippen LogP contribution in [0.4, 0.5) is 0 Å². The van der Waals surface area contributed by atoms with Crippen molar-refractivity contribution >= 4 is 21.2 Å². The lowest BCUT2D eigenvalue weighted by molar-refractivity contribution is -0.135. The van der Waals surface area contributed by atoms with Crippen LogP contribution in [0.3, 0.4) is 0 Å². The number of aliphatic carboxylic acids is 1. The smallest absolute Gasteiger partial charge is 0.337 e. The van der Waals surface area contributed by atoms with E-state index < -0.39 is 27.1 Å². The highest BCUT2D eigenvalue weighted by Crippen LogP contribution is 2.51. The van der Waals surface area contributed by atoms with Crippen molar-refractivity contribution in [3.8, 4) is 0 Å². The van der Waals surface area contributed by atoms with Crippen LogP contribution in [-0.4, -0.2) is 50.1 Å². The summed E-state index contributed by atoms with van der Waals surface area (Å²) in [5, 5.41) is 10.3. The summed E-state index contributed by atoms with van der Waals surface area (Å²) in [5.74, 6) is -2.20. The van der Waals surface area contributed by atoms with Gasteiger partial charge in [0.1, 0.15) is 0 Å². The molecule has 92 valence electrons. The van der Waals surface area contributed by atoms with Crippen molar-refractivity contribution in [3.05, 3.63) is 0 Å². The summed E-state index contributed by atoms with van der Waals surface area (Å²) in [6.07, 6.45) is 0. The first kappa shape index (κ1) is 17.1. The van der Waals surface area contributed by atoms with Crippen molar-refractivity contribution in [1.29, 1.82) is 0 Å².